The third-order valence-corrected chi connectivity index (χ3v) is 4.55. The molecule has 1 aliphatic carbocycles. The van der Waals surface area contributed by atoms with E-state index in [4.69, 9.17) is 4.74 Å². The lowest BCUT2D eigenvalue weighted by atomic mass is 9.90. The Morgan fingerprint density at radius 2 is 1.65 bits per heavy atom. The second kappa shape index (κ2) is 7.65. The Hall–Kier alpha value is -1.06. The van der Waals surface area contributed by atoms with Crippen LogP contribution in [-0.2, 0) is 14.3 Å². The number of nitrogens with zero attached hydrogens (tertiary/aromatic N) is 1. The van der Waals surface area contributed by atoms with Crippen molar-refractivity contribution in [3.8, 4) is 0 Å². The first-order chi connectivity index (χ1) is 9.74. The van der Waals surface area contributed by atoms with Crippen LogP contribution < -0.4 is 0 Å². The molecule has 1 aliphatic heterocycles. The van der Waals surface area contributed by atoms with Crippen molar-refractivity contribution >= 4 is 11.9 Å². The summed E-state index contributed by atoms with van der Waals surface area (Å²) in [4.78, 5) is 26.4. The maximum absolute atomic E-state index is 12.7. The lowest BCUT2D eigenvalue weighted by Crippen LogP contribution is -2.44. The van der Waals surface area contributed by atoms with E-state index in [1.807, 2.05) is 6.92 Å². The van der Waals surface area contributed by atoms with E-state index in [9.17, 15) is 9.59 Å². The van der Waals surface area contributed by atoms with Gasteiger partial charge in [-0.3, -0.25) is 4.79 Å². The normalized spacial score (nSPS) is 25.1. The van der Waals surface area contributed by atoms with Crippen LogP contribution in [0.1, 0.15) is 64.7 Å². The largest absolute Gasteiger partial charge is 0.464 e. The highest BCUT2D eigenvalue weighted by atomic mass is 16.5. The summed E-state index contributed by atoms with van der Waals surface area (Å²) in [5.41, 5.74) is 0. The maximum atomic E-state index is 12.7. The zero-order valence-corrected chi connectivity index (χ0v) is 12.6. The number of carbonyl (C=O) groups is 2. The minimum atomic E-state index is -0.326. The third-order valence-electron chi connectivity index (χ3n) is 4.55. The van der Waals surface area contributed by atoms with Crippen molar-refractivity contribution in [3.05, 3.63) is 0 Å². The van der Waals surface area contributed by atoms with Crippen LogP contribution in [0.15, 0.2) is 0 Å². The number of likely N-dealkylation sites (tertiary alicyclic amines) is 1. The molecule has 0 aromatic heterocycles. The summed E-state index contributed by atoms with van der Waals surface area (Å²) < 4.78 is 5.11. The highest BCUT2D eigenvalue weighted by molar-refractivity contribution is 5.86. The van der Waals surface area contributed by atoms with Gasteiger partial charge in [0, 0.05) is 12.5 Å². The fourth-order valence-electron chi connectivity index (χ4n) is 3.45. The predicted molar refractivity (Wildman–Crippen MR) is 77.2 cm³/mol. The van der Waals surface area contributed by atoms with E-state index >= 15 is 0 Å². The minimum Gasteiger partial charge on any atom is -0.464 e. The molecular weight excluding hydrogens is 254 g/mol. The van der Waals surface area contributed by atoms with Gasteiger partial charge in [-0.05, 0) is 32.6 Å². The SMILES string of the molecule is CCOC(=O)C1CCCN1C(=O)C1CCCCCCC1. The fraction of sp³-hybridized carbons (Fsp3) is 0.875. The highest BCUT2D eigenvalue weighted by Crippen LogP contribution is 2.28. The highest BCUT2D eigenvalue weighted by Gasteiger charge is 2.37. The molecule has 2 fully saturated rings. The summed E-state index contributed by atoms with van der Waals surface area (Å²) in [7, 11) is 0. The number of carbonyl (C=O) groups excluding carboxylic acids is 2. The van der Waals surface area contributed by atoms with Crippen LogP contribution in [0.5, 0.6) is 0 Å². The zero-order chi connectivity index (χ0) is 14.4. The molecule has 1 saturated carbocycles. The van der Waals surface area contributed by atoms with Crippen LogP contribution >= 0.6 is 0 Å². The molecule has 1 heterocycles. The molecule has 1 amide bonds. The molecule has 1 unspecified atom stereocenters. The quantitative estimate of drug-likeness (QED) is 0.747. The molecule has 0 aromatic carbocycles. The number of amides is 1. The van der Waals surface area contributed by atoms with Gasteiger partial charge in [-0.15, -0.1) is 0 Å². The number of hydrogen-bond donors (Lipinski definition) is 0. The Kier molecular flexibility index (Phi) is 5.86. The molecule has 0 N–H and O–H groups in total. The van der Waals surface area contributed by atoms with E-state index in [0.29, 0.717) is 6.61 Å². The van der Waals surface area contributed by atoms with Crippen molar-refractivity contribution in [2.75, 3.05) is 13.2 Å². The first-order valence-electron chi connectivity index (χ1n) is 8.21. The standard InChI is InChI=1S/C16H27NO3/c1-2-20-16(19)14-11-8-12-17(14)15(18)13-9-6-4-3-5-7-10-13/h13-14H,2-12H2,1H3. The fourth-order valence-corrected chi connectivity index (χ4v) is 3.45. The number of hydrogen-bond acceptors (Lipinski definition) is 3. The summed E-state index contributed by atoms with van der Waals surface area (Å²) in [5.74, 6) is 0.108. The third kappa shape index (κ3) is 3.74. The van der Waals surface area contributed by atoms with Crippen LogP contribution in [0.3, 0.4) is 0 Å². The second-order valence-electron chi connectivity index (χ2n) is 5.98. The Labute approximate surface area is 121 Å². The van der Waals surface area contributed by atoms with Gasteiger partial charge >= 0.3 is 5.97 Å². The smallest absolute Gasteiger partial charge is 0.328 e. The molecule has 20 heavy (non-hydrogen) atoms. The number of esters is 1. The van der Waals surface area contributed by atoms with Gasteiger partial charge in [0.2, 0.25) is 5.91 Å². The molecule has 1 atom stereocenters. The van der Waals surface area contributed by atoms with E-state index in [2.05, 4.69) is 0 Å². The first kappa shape index (κ1) is 15.3. The first-order valence-corrected chi connectivity index (χ1v) is 8.21. The Balaban J connectivity index is 1.96. The lowest BCUT2D eigenvalue weighted by molar-refractivity contribution is -0.154. The predicted octanol–water partition coefficient (Wildman–Crippen LogP) is 2.90. The number of ether oxygens (including phenoxy) is 1. The van der Waals surface area contributed by atoms with Gasteiger partial charge < -0.3 is 9.64 Å². The van der Waals surface area contributed by atoms with Crippen LogP contribution in [0.4, 0.5) is 0 Å². The van der Waals surface area contributed by atoms with Gasteiger partial charge in [0.15, 0.2) is 0 Å². The Morgan fingerprint density at radius 3 is 2.30 bits per heavy atom. The summed E-state index contributed by atoms with van der Waals surface area (Å²) in [5, 5.41) is 0. The van der Waals surface area contributed by atoms with Crippen LogP contribution in [-0.4, -0.2) is 36.0 Å². The van der Waals surface area contributed by atoms with Crippen LogP contribution in [0, 0.1) is 5.92 Å². The second-order valence-corrected chi connectivity index (χ2v) is 5.98. The van der Waals surface area contributed by atoms with Gasteiger partial charge in [0.25, 0.3) is 0 Å². The van der Waals surface area contributed by atoms with E-state index in [1.165, 1.54) is 19.3 Å². The Bertz CT molecular complexity index is 335. The van der Waals surface area contributed by atoms with Crippen molar-refractivity contribution in [1.82, 2.24) is 4.90 Å². The average molecular weight is 281 g/mol. The van der Waals surface area contributed by atoms with E-state index in [-0.39, 0.29) is 23.8 Å². The molecule has 2 aliphatic rings. The average Bonchev–Trinajstić information content (AvgIpc) is 2.87. The number of rotatable bonds is 3. The Morgan fingerprint density at radius 1 is 1.00 bits per heavy atom. The van der Waals surface area contributed by atoms with Gasteiger partial charge in [-0.25, -0.2) is 4.79 Å². The lowest BCUT2D eigenvalue weighted by Gasteiger charge is -2.28. The van der Waals surface area contributed by atoms with Crippen LogP contribution in [0.25, 0.3) is 0 Å². The summed E-state index contributed by atoms with van der Waals surface area (Å²) >= 11 is 0. The molecule has 2 rings (SSSR count). The van der Waals surface area contributed by atoms with Crippen LogP contribution in [0.2, 0.25) is 0 Å². The van der Waals surface area contributed by atoms with Crippen molar-refractivity contribution in [1.29, 1.82) is 0 Å². The molecule has 4 heteroatoms. The molecular formula is C16H27NO3. The van der Waals surface area contributed by atoms with Gasteiger partial charge in [0.05, 0.1) is 6.61 Å². The van der Waals surface area contributed by atoms with Crippen molar-refractivity contribution in [2.24, 2.45) is 5.92 Å². The van der Waals surface area contributed by atoms with Crippen molar-refractivity contribution in [3.63, 3.8) is 0 Å². The zero-order valence-electron chi connectivity index (χ0n) is 12.6. The monoisotopic (exact) mass is 281 g/mol. The summed E-state index contributed by atoms with van der Waals surface area (Å²) in [6, 6.07) is -0.326. The van der Waals surface area contributed by atoms with Gasteiger partial charge in [-0.1, -0.05) is 32.1 Å². The molecule has 1 saturated heterocycles. The molecule has 0 spiro atoms. The van der Waals surface area contributed by atoms with Gasteiger partial charge in [-0.2, -0.15) is 0 Å². The minimum absolute atomic E-state index is 0.130. The molecule has 0 radical (unpaired) electrons. The van der Waals surface area contributed by atoms with Crippen molar-refractivity contribution in [2.45, 2.75) is 70.8 Å². The summed E-state index contributed by atoms with van der Waals surface area (Å²) in [6.07, 6.45) is 9.74. The molecule has 0 aromatic rings. The maximum Gasteiger partial charge on any atom is 0.328 e. The van der Waals surface area contributed by atoms with E-state index in [0.717, 1.165) is 45.1 Å². The summed E-state index contributed by atoms with van der Waals surface area (Å²) in [6.45, 7) is 2.92. The molecule has 0 bridgehead atoms. The topological polar surface area (TPSA) is 46.6 Å². The molecule has 4 nitrogen and oxygen atoms in total. The van der Waals surface area contributed by atoms with Gasteiger partial charge in [0.1, 0.15) is 6.04 Å². The van der Waals surface area contributed by atoms with E-state index in [1.54, 1.807) is 4.90 Å². The van der Waals surface area contributed by atoms with E-state index < -0.39 is 0 Å². The van der Waals surface area contributed by atoms with Crippen molar-refractivity contribution < 1.29 is 14.3 Å². The molecule has 114 valence electrons.